The van der Waals surface area contributed by atoms with Gasteiger partial charge in [0.05, 0.1) is 0 Å². The van der Waals surface area contributed by atoms with Gasteiger partial charge in [0.15, 0.2) is 0 Å². The molecule has 0 spiro atoms. The molecule has 3 nitrogen and oxygen atoms in total. The summed E-state index contributed by atoms with van der Waals surface area (Å²) in [5, 5.41) is 3.43. The van der Waals surface area contributed by atoms with Gasteiger partial charge in [0.25, 0.3) is 0 Å². The van der Waals surface area contributed by atoms with Crippen LogP contribution in [0.3, 0.4) is 0 Å². The van der Waals surface area contributed by atoms with E-state index in [0.717, 1.165) is 26.1 Å². The molecule has 1 atom stereocenters. The Bertz CT molecular complexity index is 452. The fraction of sp³-hybridized carbons (Fsp3) is 0.562. The zero-order valence-corrected chi connectivity index (χ0v) is 11.4. The second kappa shape index (κ2) is 5.64. The van der Waals surface area contributed by atoms with Crippen molar-refractivity contribution < 1.29 is 4.79 Å². The van der Waals surface area contributed by atoms with Crippen LogP contribution in [0.2, 0.25) is 0 Å². The molecule has 3 heteroatoms. The molecule has 19 heavy (non-hydrogen) atoms. The molecule has 1 aromatic carbocycles. The molecule has 1 amide bonds. The Labute approximate surface area is 115 Å². The first-order valence-corrected chi connectivity index (χ1v) is 7.45. The van der Waals surface area contributed by atoms with Gasteiger partial charge in [-0.2, -0.15) is 0 Å². The maximum absolute atomic E-state index is 12.2. The van der Waals surface area contributed by atoms with Crippen LogP contribution in [0.4, 0.5) is 5.69 Å². The van der Waals surface area contributed by atoms with Crippen LogP contribution in [-0.2, 0) is 4.79 Å². The number of anilines is 1. The van der Waals surface area contributed by atoms with Gasteiger partial charge in [0.1, 0.15) is 0 Å². The lowest BCUT2D eigenvalue weighted by atomic mass is 9.96. The van der Waals surface area contributed by atoms with Gasteiger partial charge in [-0.15, -0.1) is 0 Å². The first-order valence-electron chi connectivity index (χ1n) is 7.45. The van der Waals surface area contributed by atoms with Crippen molar-refractivity contribution in [3.05, 3.63) is 29.8 Å². The minimum absolute atomic E-state index is 0.351. The molecule has 1 fully saturated rings. The number of amides is 1. The van der Waals surface area contributed by atoms with Crippen molar-refractivity contribution in [2.24, 2.45) is 0 Å². The van der Waals surface area contributed by atoms with Gasteiger partial charge in [-0.1, -0.05) is 18.2 Å². The fourth-order valence-electron chi connectivity index (χ4n) is 3.21. The summed E-state index contributed by atoms with van der Waals surface area (Å²) in [5.41, 5.74) is 2.63. The number of likely N-dealkylation sites (tertiary alicyclic amines) is 1. The van der Waals surface area contributed by atoms with Crippen LogP contribution in [0.1, 0.15) is 43.6 Å². The highest BCUT2D eigenvalue weighted by molar-refractivity contribution is 5.76. The quantitative estimate of drug-likeness (QED) is 0.904. The van der Waals surface area contributed by atoms with Gasteiger partial charge in [-0.25, -0.2) is 0 Å². The predicted octanol–water partition coefficient (Wildman–Crippen LogP) is 2.99. The number of nitrogens with one attached hydrogen (secondary N) is 1. The van der Waals surface area contributed by atoms with Gasteiger partial charge >= 0.3 is 0 Å². The summed E-state index contributed by atoms with van der Waals surface area (Å²) < 4.78 is 0. The lowest BCUT2D eigenvalue weighted by molar-refractivity contribution is -0.132. The van der Waals surface area contributed by atoms with Gasteiger partial charge < -0.3 is 10.2 Å². The van der Waals surface area contributed by atoms with Crippen molar-refractivity contribution in [3.63, 3.8) is 0 Å². The van der Waals surface area contributed by atoms with E-state index in [0.29, 0.717) is 18.2 Å². The average molecular weight is 258 g/mol. The largest absolute Gasteiger partial charge is 0.384 e. The summed E-state index contributed by atoms with van der Waals surface area (Å²) in [7, 11) is 0. The van der Waals surface area contributed by atoms with Gasteiger partial charge in [0.2, 0.25) is 5.91 Å². The molecule has 1 N–H and O–H groups in total. The zero-order valence-electron chi connectivity index (χ0n) is 11.4. The Balaban J connectivity index is 1.54. The third-order valence-electron chi connectivity index (χ3n) is 4.35. The maximum Gasteiger partial charge on any atom is 0.222 e. The smallest absolute Gasteiger partial charge is 0.222 e. The predicted molar refractivity (Wildman–Crippen MR) is 77.3 cm³/mol. The minimum Gasteiger partial charge on any atom is -0.384 e. The second-order valence-electron chi connectivity index (χ2n) is 5.65. The van der Waals surface area contributed by atoms with Crippen LogP contribution in [-0.4, -0.2) is 30.4 Å². The Kier molecular flexibility index (Phi) is 3.72. The van der Waals surface area contributed by atoms with E-state index in [2.05, 4.69) is 34.5 Å². The molecule has 0 bridgehead atoms. The molecule has 0 saturated carbocycles. The highest BCUT2D eigenvalue weighted by Crippen LogP contribution is 2.34. The van der Waals surface area contributed by atoms with E-state index >= 15 is 0 Å². The number of rotatable bonds is 3. The van der Waals surface area contributed by atoms with E-state index in [9.17, 15) is 4.79 Å². The molecule has 3 rings (SSSR count). The fourth-order valence-corrected chi connectivity index (χ4v) is 3.21. The molecular formula is C16H22N2O. The number of carbonyl (C=O) groups is 1. The summed E-state index contributed by atoms with van der Waals surface area (Å²) in [5.74, 6) is 0.856. The van der Waals surface area contributed by atoms with E-state index in [4.69, 9.17) is 0 Å². The van der Waals surface area contributed by atoms with E-state index in [1.165, 1.54) is 30.5 Å². The molecule has 0 aromatic heterocycles. The van der Waals surface area contributed by atoms with Gasteiger partial charge in [-0.05, 0) is 37.3 Å². The number of hydrogen-bond donors (Lipinski definition) is 1. The number of hydrogen-bond acceptors (Lipinski definition) is 2. The molecule has 1 unspecified atom stereocenters. The standard InChI is InChI=1S/C16H22N2O/c19-16(18-10-4-1-5-11-18)9-8-13-12-17-15-7-3-2-6-14(13)15/h2-3,6-7,13,17H,1,4-5,8-12H2. The van der Waals surface area contributed by atoms with E-state index in [1.807, 2.05) is 0 Å². The summed E-state index contributed by atoms with van der Waals surface area (Å²) >= 11 is 0. The lowest BCUT2D eigenvalue weighted by Crippen LogP contribution is -2.35. The third-order valence-corrected chi connectivity index (χ3v) is 4.35. The Morgan fingerprint density at radius 1 is 1.21 bits per heavy atom. The Morgan fingerprint density at radius 2 is 2.00 bits per heavy atom. The molecule has 2 heterocycles. The van der Waals surface area contributed by atoms with Crippen molar-refractivity contribution in [1.29, 1.82) is 0 Å². The molecule has 1 aromatic rings. The maximum atomic E-state index is 12.2. The van der Waals surface area contributed by atoms with Crippen molar-refractivity contribution in [3.8, 4) is 0 Å². The molecule has 0 aliphatic carbocycles. The molecule has 102 valence electrons. The first-order chi connectivity index (χ1) is 9.34. The van der Waals surface area contributed by atoms with Gasteiger partial charge in [-0.3, -0.25) is 4.79 Å². The number of fused-ring (bicyclic) bond motifs is 1. The Morgan fingerprint density at radius 3 is 2.84 bits per heavy atom. The van der Waals surface area contributed by atoms with Crippen LogP contribution in [0, 0.1) is 0 Å². The van der Waals surface area contributed by atoms with Crippen molar-refractivity contribution in [2.75, 3.05) is 25.0 Å². The van der Waals surface area contributed by atoms with E-state index in [1.54, 1.807) is 0 Å². The van der Waals surface area contributed by atoms with Crippen LogP contribution in [0.5, 0.6) is 0 Å². The van der Waals surface area contributed by atoms with E-state index < -0.39 is 0 Å². The summed E-state index contributed by atoms with van der Waals surface area (Å²) in [6.45, 7) is 2.92. The van der Waals surface area contributed by atoms with Crippen LogP contribution >= 0.6 is 0 Å². The van der Waals surface area contributed by atoms with Crippen LogP contribution in [0.15, 0.2) is 24.3 Å². The van der Waals surface area contributed by atoms with E-state index in [-0.39, 0.29) is 0 Å². The summed E-state index contributed by atoms with van der Waals surface area (Å²) in [6.07, 6.45) is 5.31. The third kappa shape index (κ3) is 2.75. The number of carbonyl (C=O) groups excluding carboxylic acids is 1. The Hall–Kier alpha value is -1.51. The second-order valence-corrected chi connectivity index (χ2v) is 5.65. The first kappa shape index (κ1) is 12.5. The average Bonchev–Trinajstić information content (AvgIpc) is 2.89. The summed E-state index contributed by atoms with van der Waals surface area (Å²) in [4.78, 5) is 14.2. The monoisotopic (exact) mass is 258 g/mol. The van der Waals surface area contributed by atoms with Crippen LogP contribution in [0.25, 0.3) is 0 Å². The minimum atomic E-state index is 0.351. The number of nitrogens with zero attached hydrogens (tertiary/aromatic N) is 1. The zero-order chi connectivity index (χ0) is 13.1. The van der Waals surface area contributed by atoms with Crippen molar-refractivity contribution in [2.45, 2.75) is 38.0 Å². The van der Waals surface area contributed by atoms with Crippen molar-refractivity contribution in [1.82, 2.24) is 4.90 Å². The lowest BCUT2D eigenvalue weighted by Gasteiger charge is -2.27. The topological polar surface area (TPSA) is 32.3 Å². The molecule has 0 radical (unpaired) electrons. The molecular weight excluding hydrogens is 236 g/mol. The molecule has 1 saturated heterocycles. The van der Waals surface area contributed by atoms with Crippen LogP contribution < -0.4 is 5.32 Å². The van der Waals surface area contributed by atoms with Crippen molar-refractivity contribution >= 4 is 11.6 Å². The highest BCUT2D eigenvalue weighted by atomic mass is 16.2. The molecule has 2 aliphatic heterocycles. The van der Waals surface area contributed by atoms with Gasteiger partial charge in [0, 0.05) is 37.7 Å². The SMILES string of the molecule is O=C(CCC1CNc2ccccc21)N1CCCCC1. The number of piperidine rings is 1. The number of para-hydroxylation sites is 1. The normalized spacial score (nSPS) is 21.9. The highest BCUT2D eigenvalue weighted by Gasteiger charge is 2.23. The summed E-state index contributed by atoms with van der Waals surface area (Å²) in [6, 6.07) is 8.46. The molecule has 2 aliphatic rings. The number of benzene rings is 1.